The van der Waals surface area contributed by atoms with Gasteiger partial charge in [0.15, 0.2) is 0 Å². The van der Waals surface area contributed by atoms with Gasteiger partial charge in [-0.3, -0.25) is 0 Å². The highest BCUT2D eigenvalue weighted by molar-refractivity contribution is 5.83. The van der Waals surface area contributed by atoms with E-state index >= 15 is 0 Å². The van der Waals surface area contributed by atoms with E-state index in [9.17, 15) is 18.3 Å². The number of aromatic nitrogens is 2. The largest absolute Gasteiger partial charge is 0.507 e. The third-order valence-corrected chi connectivity index (χ3v) is 3.57. The predicted octanol–water partition coefficient (Wildman–Crippen LogP) is 4.84. The van der Waals surface area contributed by atoms with Gasteiger partial charge in [0.1, 0.15) is 11.6 Å². The first kappa shape index (κ1) is 16.0. The number of halogens is 3. The zero-order valence-corrected chi connectivity index (χ0v) is 12.7. The molecule has 1 heterocycles. The van der Waals surface area contributed by atoms with Crippen molar-refractivity contribution in [1.82, 2.24) is 9.97 Å². The normalized spacial score (nSPS) is 11.5. The fraction of sp³-hybridized carbons (Fsp3) is 0.111. The second kappa shape index (κ2) is 5.96. The lowest BCUT2D eigenvalue weighted by atomic mass is 9.98. The summed E-state index contributed by atoms with van der Waals surface area (Å²) in [5.41, 5.74) is 0.843. The van der Waals surface area contributed by atoms with Crippen LogP contribution in [-0.4, -0.2) is 15.1 Å². The van der Waals surface area contributed by atoms with Crippen molar-refractivity contribution in [1.29, 1.82) is 0 Å². The fourth-order valence-corrected chi connectivity index (χ4v) is 2.42. The van der Waals surface area contributed by atoms with Crippen LogP contribution >= 0.6 is 0 Å². The van der Waals surface area contributed by atoms with Crippen LogP contribution in [0, 0.1) is 6.92 Å². The Labute approximate surface area is 136 Å². The topological polar surface area (TPSA) is 46.0 Å². The van der Waals surface area contributed by atoms with E-state index in [4.69, 9.17) is 0 Å². The third-order valence-electron chi connectivity index (χ3n) is 3.57. The number of aryl methyl sites for hydroxylation is 1. The van der Waals surface area contributed by atoms with Crippen LogP contribution in [0.3, 0.4) is 0 Å². The molecule has 3 rings (SSSR count). The SMILES string of the molecule is Cc1ncc(-c2cccc(C(F)(F)F)c2)c(-c2ccccc2O)n1. The summed E-state index contributed by atoms with van der Waals surface area (Å²) in [6.45, 7) is 1.68. The van der Waals surface area contributed by atoms with Crippen molar-refractivity contribution in [3.05, 3.63) is 66.1 Å². The van der Waals surface area contributed by atoms with E-state index in [1.807, 2.05) is 0 Å². The average Bonchev–Trinajstić information content (AvgIpc) is 2.54. The molecule has 0 saturated heterocycles. The molecule has 0 aliphatic heterocycles. The highest BCUT2D eigenvalue weighted by Crippen LogP contribution is 2.37. The number of phenols is 1. The lowest BCUT2D eigenvalue weighted by Gasteiger charge is -2.13. The Kier molecular flexibility index (Phi) is 3.97. The summed E-state index contributed by atoms with van der Waals surface area (Å²) >= 11 is 0. The van der Waals surface area contributed by atoms with Crippen LogP contribution in [0.2, 0.25) is 0 Å². The molecule has 0 saturated carbocycles. The predicted molar refractivity (Wildman–Crippen MR) is 84.3 cm³/mol. The number of para-hydroxylation sites is 1. The zero-order chi connectivity index (χ0) is 17.3. The third kappa shape index (κ3) is 3.08. The Morgan fingerprint density at radius 1 is 0.958 bits per heavy atom. The Morgan fingerprint density at radius 3 is 2.42 bits per heavy atom. The lowest BCUT2D eigenvalue weighted by Crippen LogP contribution is -2.05. The van der Waals surface area contributed by atoms with Gasteiger partial charge < -0.3 is 5.11 Å². The molecule has 0 unspecified atom stereocenters. The first-order valence-electron chi connectivity index (χ1n) is 7.16. The summed E-state index contributed by atoms with van der Waals surface area (Å²) in [6.07, 6.45) is -2.96. The number of hydrogen-bond donors (Lipinski definition) is 1. The van der Waals surface area contributed by atoms with Crippen molar-refractivity contribution in [3.63, 3.8) is 0 Å². The Balaban J connectivity index is 2.22. The van der Waals surface area contributed by atoms with Gasteiger partial charge in [-0.25, -0.2) is 9.97 Å². The highest BCUT2D eigenvalue weighted by Gasteiger charge is 2.30. The standard InChI is InChI=1S/C18H13F3N2O/c1-11-22-10-15(12-5-4-6-13(9-12)18(19,20)21)17(23-11)14-7-2-3-8-16(14)24/h2-10,24H,1H3. The molecule has 0 amide bonds. The van der Waals surface area contributed by atoms with E-state index < -0.39 is 11.7 Å². The fourth-order valence-electron chi connectivity index (χ4n) is 2.42. The van der Waals surface area contributed by atoms with Gasteiger partial charge in [0.2, 0.25) is 0 Å². The van der Waals surface area contributed by atoms with E-state index in [-0.39, 0.29) is 5.75 Å². The quantitative estimate of drug-likeness (QED) is 0.731. The maximum atomic E-state index is 13.0. The van der Waals surface area contributed by atoms with Gasteiger partial charge in [-0.05, 0) is 36.8 Å². The molecule has 3 nitrogen and oxygen atoms in total. The summed E-state index contributed by atoms with van der Waals surface area (Å²) in [4.78, 5) is 8.41. The van der Waals surface area contributed by atoms with Crippen LogP contribution in [0.4, 0.5) is 13.2 Å². The first-order chi connectivity index (χ1) is 11.4. The molecule has 0 bridgehead atoms. The Bertz CT molecular complexity index is 891. The summed E-state index contributed by atoms with van der Waals surface area (Å²) in [6, 6.07) is 11.5. The van der Waals surface area contributed by atoms with E-state index in [0.717, 1.165) is 12.1 Å². The molecule has 0 radical (unpaired) electrons. The first-order valence-corrected chi connectivity index (χ1v) is 7.16. The van der Waals surface area contributed by atoms with E-state index in [1.54, 1.807) is 31.2 Å². The van der Waals surface area contributed by atoms with Gasteiger partial charge in [0.25, 0.3) is 0 Å². The molecule has 24 heavy (non-hydrogen) atoms. The minimum Gasteiger partial charge on any atom is -0.507 e. The van der Waals surface area contributed by atoms with E-state index in [1.165, 1.54) is 18.3 Å². The van der Waals surface area contributed by atoms with Crippen LogP contribution in [0.5, 0.6) is 5.75 Å². The molecule has 0 spiro atoms. The number of benzene rings is 2. The van der Waals surface area contributed by atoms with Crippen LogP contribution < -0.4 is 0 Å². The second-order valence-electron chi connectivity index (χ2n) is 5.28. The Morgan fingerprint density at radius 2 is 1.71 bits per heavy atom. The number of nitrogens with zero attached hydrogens (tertiary/aromatic N) is 2. The van der Waals surface area contributed by atoms with Gasteiger partial charge in [0, 0.05) is 17.3 Å². The van der Waals surface area contributed by atoms with Crippen molar-refractivity contribution in [2.75, 3.05) is 0 Å². The molecule has 3 aromatic rings. The van der Waals surface area contributed by atoms with E-state index in [2.05, 4.69) is 9.97 Å². The maximum Gasteiger partial charge on any atom is 0.416 e. The van der Waals surface area contributed by atoms with Crippen LogP contribution in [-0.2, 0) is 6.18 Å². The van der Waals surface area contributed by atoms with Gasteiger partial charge in [-0.1, -0.05) is 24.3 Å². The number of alkyl halides is 3. The van der Waals surface area contributed by atoms with Crippen molar-refractivity contribution >= 4 is 0 Å². The molecule has 2 aromatic carbocycles. The number of phenolic OH excluding ortho intramolecular Hbond substituents is 1. The van der Waals surface area contributed by atoms with Crippen molar-refractivity contribution in [2.24, 2.45) is 0 Å². The van der Waals surface area contributed by atoms with Crippen LogP contribution in [0.15, 0.2) is 54.7 Å². The van der Waals surface area contributed by atoms with E-state index in [0.29, 0.717) is 28.2 Å². The molecule has 0 fully saturated rings. The van der Waals surface area contributed by atoms with Gasteiger partial charge in [0.05, 0.1) is 11.3 Å². The second-order valence-corrected chi connectivity index (χ2v) is 5.28. The van der Waals surface area contributed by atoms with Crippen molar-refractivity contribution in [3.8, 4) is 28.1 Å². The number of rotatable bonds is 2. The molecule has 0 aliphatic rings. The minimum absolute atomic E-state index is 0.00354. The zero-order valence-electron chi connectivity index (χ0n) is 12.7. The Hall–Kier alpha value is -2.89. The van der Waals surface area contributed by atoms with Crippen LogP contribution in [0.25, 0.3) is 22.4 Å². The molecule has 0 atom stereocenters. The van der Waals surface area contributed by atoms with Gasteiger partial charge >= 0.3 is 6.18 Å². The van der Waals surface area contributed by atoms with Gasteiger partial charge in [-0.2, -0.15) is 13.2 Å². The summed E-state index contributed by atoms with van der Waals surface area (Å²) in [5, 5.41) is 10.1. The smallest absolute Gasteiger partial charge is 0.416 e. The molecule has 1 N–H and O–H groups in total. The number of hydrogen-bond acceptors (Lipinski definition) is 3. The van der Waals surface area contributed by atoms with Crippen LogP contribution in [0.1, 0.15) is 11.4 Å². The monoisotopic (exact) mass is 330 g/mol. The maximum absolute atomic E-state index is 13.0. The molecule has 122 valence electrons. The van der Waals surface area contributed by atoms with Crippen molar-refractivity contribution in [2.45, 2.75) is 13.1 Å². The number of aromatic hydroxyl groups is 1. The molecule has 6 heteroatoms. The summed E-state index contributed by atoms with van der Waals surface area (Å²) in [7, 11) is 0. The minimum atomic E-state index is -4.43. The summed E-state index contributed by atoms with van der Waals surface area (Å²) in [5.74, 6) is 0.466. The average molecular weight is 330 g/mol. The highest BCUT2D eigenvalue weighted by atomic mass is 19.4. The molecular weight excluding hydrogens is 317 g/mol. The van der Waals surface area contributed by atoms with Gasteiger partial charge in [-0.15, -0.1) is 0 Å². The van der Waals surface area contributed by atoms with Crippen molar-refractivity contribution < 1.29 is 18.3 Å². The lowest BCUT2D eigenvalue weighted by molar-refractivity contribution is -0.137. The molecule has 0 aliphatic carbocycles. The summed E-state index contributed by atoms with van der Waals surface area (Å²) < 4.78 is 38.9. The molecular formula is C18H13F3N2O. The molecule has 1 aromatic heterocycles.